The zero-order valence-electron chi connectivity index (χ0n) is 11.3. The van der Waals surface area contributed by atoms with E-state index in [4.69, 9.17) is 4.74 Å². The van der Waals surface area contributed by atoms with Gasteiger partial charge in [-0.05, 0) is 32.4 Å². The molecule has 104 valence electrons. The van der Waals surface area contributed by atoms with Crippen molar-refractivity contribution in [1.82, 2.24) is 5.32 Å². The zero-order chi connectivity index (χ0) is 14.5. The van der Waals surface area contributed by atoms with Gasteiger partial charge < -0.3 is 14.8 Å². The lowest BCUT2D eigenvalue weighted by Gasteiger charge is -2.23. The van der Waals surface area contributed by atoms with Crippen LogP contribution in [0.1, 0.15) is 38.8 Å². The van der Waals surface area contributed by atoms with Crippen LogP contribution in [0.15, 0.2) is 28.7 Å². The molecule has 0 spiro atoms. The second-order valence-corrected chi connectivity index (χ2v) is 5.98. The lowest BCUT2D eigenvalue weighted by atomic mass is 10.0. The van der Waals surface area contributed by atoms with Crippen molar-refractivity contribution < 1.29 is 14.3 Å². The molecule has 0 heterocycles. The largest absolute Gasteiger partial charge is 0.444 e. The van der Waals surface area contributed by atoms with E-state index in [1.54, 1.807) is 20.8 Å². The highest BCUT2D eigenvalue weighted by molar-refractivity contribution is 9.10. The minimum atomic E-state index is -0.566. The van der Waals surface area contributed by atoms with E-state index in [0.717, 1.165) is 16.3 Å². The lowest BCUT2D eigenvalue weighted by Crippen LogP contribution is -2.35. The van der Waals surface area contributed by atoms with E-state index in [9.17, 15) is 9.59 Å². The topological polar surface area (TPSA) is 55.4 Å². The number of alkyl carbamates (subject to hydrolysis) is 1. The third-order valence-corrected chi connectivity index (χ3v) is 3.03. The van der Waals surface area contributed by atoms with Crippen molar-refractivity contribution in [2.24, 2.45) is 0 Å². The van der Waals surface area contributed by atoms with Gasteiger partial charge in [0.25, 0.3) is 0 Å². The van der Waals surface area contributed by atoms with Gasteiger partial charge in [-0.2, -0.15) is 0 Å². The van der Waals surface area contributed by atoms with Gasteiger partial charge in [0.1, 0.15) is 11.9 Å². The fraction of sp³-hybridized carbons (Fsp3) is 0.429. The molecular formula is C14H18BrNO3. The average Bonchev–Trinajstić information content (AvgIpc) is 2.26. The third kappa shape index (κ3) is 5.42. The Bertz CT molecular complexity index is 454. The highest BCUT2D eigenvalue weighted by Gasteiger charge is 2.21. The molecule has 1 aromatic carbocycles. The molecule has 1 rings (SSSR count). The lowest BCUT2D eigenvalue weighted by molar-refractivity contribution is -0.108. The molecule has 0 radical (unpaired) electrons. The summed E-state index contributed by atoms with van der Waals surface area (Å²) in [5.41, 5.74) is 0.282. The molecule has 0 saturated heterocycles. The smallest absolute Gasteiger partial charge is 0.408 e. The summed E-state index contributed by atoms with van der Waals surface area (Å²) in [6.07, 6.45) is 0.443. The summed E-state index contributed by atoms with van der Waals surface area (Å²) in [7, 11) is 0. The number of halogens is 1. The number of aldehydes is 1. The van der Waals surface area contributed by atoms with E-state index < -0.39 is 17.7 Å². The van der Waals surface area contributed by atoms with Crippen molar-refractivity contribution in [2.45, 2.75) is 38.8 Å². The van der Waals surface area contributed by atoms with Crippen LogP contribution < -0.4 is 5.32 Å². The number of benzene rings is 1. The zero-order valence-corrected chi connectivity index (χ0v) is 12.9. The SMILES string of the molecule is CC(C)(C)OC(=O)N[C@@H](CC=O)c1ccccc1Br. The van der Waals surface area contributed by atoms with Crippen molar-refractivity contribution >= 4 is 28.3 Å². The molecule has 0 aliphatic carbocycles. The number of carbonyl (C=O) groups excluding carboxylic acids is 2. The van der Waals surface area contributed by atoms with E-state index in [-0.39, 0.29) is 6.42 Å². The van der Waals surface area contributed by atoms with Crippen LogP contribution in [0.5, 0.6) is 0 Å². The first-order chi connectivity index (χ1) is 8.83. The Hall–Kier alpha value is -1.36. The Morgan fingerprint density at radius 1 is 1.42 bits per heavy atom. The van der Waals surface area contributed by atoms with Gasteiger partial charge in [0, 0.05) is 10.9 Å². The summed E-state index contributed by atoms with van der Waals surface area (Å²) in [6.45, 7) is 5.37. The summed E-state index contributed by atoms with van der Waals surface area (Å²) in [5, 5.41) is 2.71. The van der Waals surface area contributed by atoms with Crippen LogP contribution in [0.4, 0.5) is 4.79 Å². The second kappa shape index (κ2) is 6.70. The summed E-state index contributed by atoms with van der Waals surface area (Å²) in [5.74, 6) is 0. The van der Waals surface area contributed by atoms with Gasteiger partial charge in [0.15, 0.2) is 0 Å². The molecule has 0 bridgehead atoms. The number of amides is 1. The van der Waals surface area contributed by atoms with E-state index in [1.165, 1.54) is 0 Å². The Balaban J connectivity index is 2.82. The van der Waals surface area contributed by atoms with Crippen LogP contribution in [0.25, 0.3) is 0 Å². The molecule has 0 unspecified atom stereocenters. The minimum absolute atomic E-state index is 0.196. The first-order valence-electron chi connectivity index (χ1n) is 6.01. The molecular weight excluding hydrogens is 310 g/mol. The third-order valence-electron chi connectivity index (χ3n) is 2.30. The number of hydrogen-bond donors (Lipinski definition) is 1. The van der Waals surface area contributed by atoms with Crippen molar-refractivity contribution in [3.8, 4) is 0 Å². The van der Waals surface area contributed by atoms with Crippen molar-refractivity contribution in [2.75, 3.05) is 0 Å². The molecule has 0 saturated carbocycles. The average molecular weight is 328 g/mol. The van der Waals surface area contributed by atoms with Crippen molar-refractivity contribution in [3.05, 3.63) is 34.3 Å². The van der Waals surface area contributed by atoms with Gasteiger partial charge in [-0.25, -0.2) is 4.79 Å². The van der Waals surface area contributed by atoms with Crippen molar-refractivity contribution in [1.29, 1.82) is 0 Å². The molecule has 0 aliphatic rings. The van der Waals surface area contributed by atoms with Crippen LogP contribution in [0, 0.1) is 0 Å². The molecule has 1 N–H and O–H groups in total. The molecule has 5 heteroatoms. The molecule has 0 fully saturated rings. The highest BCUT2D eigenvalue weighted by Crippen LogP contribution is 2.25. The maximum absolute atomic E-state index is 11.8. The first kappa shape index (κ1) is 15.7. The molecule has 1 atom stereocenters. The van der Waals surface area contributed by atoms with Crippen LogP contribution >= 0.6 is 15.9 Å². The van der Waals surface area contributed by atoms with E-state index in [1.807, 2.05) is 24.3 Å². The molecule has 19 heavy (non-hydrogen) atoms. The molecule has 0 aromatic heterocycles. The summed E-state index contributed by atoms with van der Waals surface area (Å²) in [6, 6.07) is 7.05. The number of ether oxygens (including phenoxy) is 1. The standard InChI is InChI=1S/C14H18BrNO3/c1-14(2,3)19-13(18)16-12(8-9-17)10-6-4-5-7-11(10)15/h4-7,9,12H,8H2,1-3H3,(H,16,18)/t12-/m0/s1. The number of nitrogens with one attached hydrogen (secondary N) is 1. The predicted octanol–water partition coefficient (Wildman–Crippen LogP) is 3.60. The van der Waals surface area contributed by atoms with E-state index in [0.29, 0.717) is 0 Å². The minimum Gasteiger partial charge on any atom is -0.444 e. The Labute approximate surface area is 121 Å². The Kier molecular flexibility index (Phi) is 5.54. The monoisotopic (exact) mass is 327 g/mol. The molecule has 0 aliphatic heterocycles. The van der Waals surface area contributed by atoms with Crippen LogP contribution in [0.3, 0.4) is 0 Å². The normalized spacial score (nSPS) is 12.6. The van der Waals surface area contributed by atoms with Gasteiger partial charge in [-0.1, -0.05) is 34.1 Å². The van der Waals surface area contributed by atoms with Gasteiger partial charge in [-0.15, -0.1) is 0 Å². The second-order valence-electron chi connectivity index (χ2n) is 5.12. The molecule has 4 nitrogen and oxygen atoms in total. The Morgan fingerprint density at radius 3 is 2.58 bits per heavy atom. The quantitative estimate of drug-likeness (QED) is 0.859. The number of carbonyl (C=O) groups is 2. The van der Waals surface area contributed by atoms with Crippen LogP contribution in [-0.4, -0.2) is 18.0 Å². The maximum Gasteiger partial charge on any atom is 0.408 e. The first-order valence-corrected chi connectivity index (χ1v) is 6.80. The molecule has 1 aromatic rings. The van der Waals surface area contributed by atoms with Gasteiger partial charge >= 0.3 is 6.09 Å². The van der Waals surface area contributed by atoms with Gasteiger partial charge in [-0.3, -0.25) is 0 Å². The summed E-state index contributed by atoms with van der Waals surface area (Å²) in [4.78, 5) is 22.5. The van der Waals surface area contributed by atoms with E-state index >= 15 is 0 Å². The van der Waals surface area contributed by atoms with E-state index in [2.05, 4.69) is 21.2 Å². The fourth-order valence-electron chi connectivity index (χ4n) is 1.57. The van der Waals surface area contributed by atoms with Gasteiger partial charge in [0.05, 0.1) is 6.04 Å². The summed E-state index contributed by atoms with van der Waals surface area (Å²) < 4.78 is 6.04. The molecule has 1 amide bonds. The predicted molar refractivity (Wildman–Crippen MR) is 76.9 cm³/mol. The highest BCUT2D eigenvalue weighted by atomic mass is 79.9. The van der Waals surface area contributed by atoms with Crippen LogP contribution in [0.2, 0.25) is 0 Å². The van der Waals surface area contributed by atoms with Crippen molar-refractivity contribution in [3.63, 3.8) is 0 Å². The van der Waals surface area contributed by atoms with Crippen LogP contribution in [-0.2, 0) is 9.53 Å². The Morgan fingerprint density at radius 2 is 2.05 bits per heavy atom. The maximum atomic E-state index is 11.8. The number of rotatable bonds is 4. The van der Waals surface area contributed by atoms with Gasteiger partial charge in [0.2, 0.25) is 0 Å². The fourth-order valence-corrected chi connectivity index (χ4v) is 2.13. The number of hydrogen-bond acceptors (Lipinski definition) is 3. The summed E-state index contributed by atoms with van der Waals surface area (Å²) >= 11 is 3.41.